The molecule has 28 heavy (non-hydrogen) atoms. The highest BCUT2D eigenvalue weighted by Crippen LogP contribution is 2.28. The molecule has 0 spiro atoms. The van der Waals surface area contributed by atoms with Crippen molar-refractivity contribution in [1.82, 2.24) is 9.80 Å². The number of amides is 1. The minimum absolute atomic E-state index is 0. The van der Waals surface area contributed by atoms with Gasteiger partial charge in [-0.1, -0.05) is 18.0 Å². The van der Waals surface area contributed by atoms with Gasteiger partial charge in [-0.05, 0) is 31.0 Å². The number of nitrogens with one attached hydrogen (secondary N) is 1. The van der Waals surface area contributed by atoms with Crippen molar-refractivity contribution in [2.75, 3.05) is 51.7 Å². The summed E-state index contributed by atoms with van der Waals surface area (Å²) in [5.74, 6) is 1.62. The number of rotatable bonds is 6. The molecule has 3 rings (SSSR count). The van der Waals surface area contributed by atoms with Crippen molar-refractivity contribution in [2.24, 2.45) is 16.6 Å². The molecule has 0 aromatic heterocycles. The lowest BCUT2D eigenvalue weighted by Gasteiger charge is -2.38. The van der Waals surface area contributed by atoms with E-state index in [1.54, 1.807) is 19.2 Å². The lowest BCUT2D eigenvalue weighted by atomic mass is 9.84. The molecule has 1 saturated heterocycles. The first kappa shape index (κ1) is 23.0. The van der Waals surface area contributed by atoms with E-state index in [2.05, 4.69) is 15.2 Å². The number of methoxy groups -OCH3 is 1. The zero-order valence-corrected chi connectivity index (χ0v) is 19.3. The number of nitrogens with zero attached hydrogens (tertiary/aromatic N) is 3. The van der Waals surface area contributed by atoms with Crippen LogP contribution in [0.15, 0.2) is 23.2 Å². The number of hydrogen-bond donors (Lipinski definition) is 2. The van der Waals surface area contributed by atoms with Crippen molar-refractivity contribution >= 4 is 53.1 Å². The number of benzene rings is 1. The first-order valence-corrected chi connectivity index (χ1v) is 9.86. The minimum atomic E-state index is 0. The minimum Gasteiger partial charge on any atom is -0.495 e. The number of nitrogens with two attached hydrogens (primary N) is 1. The zero-order chi connectivity index (χ0) is 19.2. The highest BCUT2D eigenvalue weighted by atomic mass is 127. The van der Waals surface area contributed by atoms with Crippen LogP contribution >= 0.6 is 35.6 Å². The summed E-state index contributed by atoms with van der Waals surface area (Å²) in [6, 6.07) is 5.37. The summed E-state index contributed by atoms with van der Waals surface area (Å²) in [6.45, 7) is 4.87. The fourth-order valence-corrected chi connectivity index (χ4v) is 3.61. The molecule has 0 unspecified atom stereocenters. The summed E-state index contributed by atoms with van der Waals surface area (Å²) in [4.78, 5) is 21.0. The van der Waals surface area contributed by atoms with Crippen molar-refractivity contribution in [2.45, 2.75) is 19.3 Å². The van der Waals surface area contributed by atoms with Crippen LogP contribution in [0.5, 0.6) is 5.75 Å². The van der Waals surface area contributed by atoms with E-state index < -0.39 is 0 Å². The summed E-state index contributed by atoms with van der Waals surface area (Å²) < 4.78 is 5.13. The maximum atomic E-state index is 12.3. The number of ether oxygens (including phenoxy) is 1. The highest BCUT2D eigenvalue weighted by Gasteiger charge is 2.30. The van der Waals surface area contributed by atoms with Gasteiger partial charge in [0.25, 0.3) is 0 Å². The van der Waals surface area contributed by atoms with Gasteiger partial charge in [0.2, 0.25) is 5.91 Å². The van der Waals surface area contributed by atoms with Gasteiger partial charge >= 0.3 is 0 Å². The average molecular weight is 522 g/mol. The lowest BCUT2D eigenvalue weighted by molar-refractivity contribution is -0.139. The Morgan fingerprint density at radius 3 is 2.61 bits per heavy atom. The third kappa shape index (κ3) is 6.12. The fraction of sp³-hybridized carbons (Fsp3) is 0.579. The van der Waals surface area contributed by atoms with Crippen LogP contribution in [0.4, 0.5) is 5.69 Å². The molecular formula is C19H29ClIN5O2. The van der Waals surface area contributed by atoms with Gasteiger partial charge in [0, 0.05) is 44.3 Å². The smallest absolute Gasteiger partial charge is 0.225 e. The number of carbonyl (C=O) groups excluding carboxylic acids is 1. The van der Waals surface area contributed by atoms with Crippen LogP contribution < -0.4 is 15.8 Å². The van der Waals surface area contributed by atoms with E-state index in [0.717, 1.165) is 51.3 Å². The van der Waals surface area contributed by atoms with E-state index in [0.29, 0.717) is 35.1 Å². The van der Waals surface area contributed by atoms with E-state index in [1.165, 1.54) is 6.42 Å². The molecule has 2 fully saturated rings. The van der Waals surface area contributed by atoms with Gasteiger partial charge in [0.1, 0.15) is 5.75 Å². The Morgan fingerprint density at radius 1 is 1.32 bits per heavy atom. The Bertz CT molecular complexity index is 691. The van der Waals surface area contributed by atoms with Crippen molar-refractivity contribution in [3.05, 3.63) is 23.2 Å². The first-order chi connectivity index (χ1) is 13.1. The Kier molecular flexibility index (Phi) is 9.10. The SMILES string of the molecule is COc1ccc(NC(N)=NCCN2CCN(C(=O)C3CCC3)CC2)cc1Cl.I. The van der Waals surface area contributed by atoms with Crippen LogP contribution in [-0.2, 0) is 4.79 Å². The molecule has 1 aromatic rings. The summed E-state index contributed by atoms with van der Waals surface area (Å²) in [5, 5.41) is 3.55. The van der Waals surface area contributed by atoms with Gasteiger partial charge < -0.3 is 20.7 Å². The molecule has 1 aliphatic carbocycles. The van der Waals surface area contributed by atoms with Gasteiger partial charge in [-0.15, -0.1) is 24.0 Å². The third-order valence-electron chi connectivity index (χ3n) is 5.26. The van der Waals surface area contributed by atoms with E-state index in [9.17, 15) is 4.79 Å². The Balaban J connectivity index is 0.00000280. The van der Waals surface area contributed by atoms with Gasteiger partial charge in [-0.2, -0.15) is 0 Å². The molecule has 0 atom stereocenters. The number of carbonyl (C=O) groups is 1. The number of aliphatic imine (C=N–C) groups is 1. The number of halogens is 2. The van der Waals surface area contributed by atoms with Crippen molar-refractivity contribution in [1.29, 1.82) is 0 Å². The second-order valence-corrected chi connectivity index (χ2v) is 7.44. The van der Waals surface area contributed by atoms with Crippen LogP contribution in [0.25, 0.3) is 0 Å². The van der Waals surface area contributed by atoms with Crippen LogP contribution in [0.3, 0.4) is 0 Å². The second-order valence-electron chi connectivity index (χ2n) is 7.04. The van der Waals surface area contributed by atoms with Gasteiger partial charge in [0.15, 0.2) is 5.96 Å². The van der Waals surface area contributed by atoms with Crippen LogP contribution in [0, 0.1) is 5.92 Å². The molecule has 1 amide bonds. The molecule has 7 nitrogen and oxygen atoms in total. The van der Waals surface area contributed by atoms with E-state index >= 15 is 0 Å². The molecule has 9 heteroatoms. The largest absolute Gasteiger partial charge is 0.495 e. The highest BCUT2D eigenvalue weighted by molar-refractivity contribution is 14.0. The molecule has 2 aliphatic rings. The van der Waals surface area contributed by atoms with Crippen LogP contribution in [0.2, 0.25) is 5.02 Å². The second kappa shape index (κ2) is 11.1. The van der Waals surface area contributed by atoms with Crippen molar-refractivity contribution in [3.8, 4) is 5.75 Å². The monoisotopic (exact) mass is 521 g/mol. The predicted molar refractivity (Wildman–Crippen MR) is 124 cm³/mol. The summed E-state index contributed by atoms with van der Waals surface area (Å²) >= 11 is 6.10. The standard InChI is InChI=1S/C19H28ClN5O2.HI/c1-27-17-6-5-15(13-16(17)20)23-19(21)22-7-8-24-9-11-25(12-10-24)18(26)14-3-2-4-14;/h5-6,13-14H,2-4,7-12H2,1H3,(H3,21,22,23);1H. The maximum absolute atomic E-state index is 12.3. The van der Waals surface area contributed by atoms with E-state index in [-0.39, 0.29) is 24.0 Å². The van der Waals surface area contributed by atoms with Crippen molar-refractivity contribution < 1.29 is 9.53 Å². The summed E-state index contributed by atoms with van der Waals surface area (Å²) in [5.41, 5.74) is 6.72. The normalized spacial score (nSPS) is 18.2. The Labute approximate surface area is 188 Å². The lowest BCUT2D eigenvalue weighted by Crippen LogP contribution is -2.51. The van der Waals surface area contributed by atoms with E-state index in [1.807, 2.05) is 11.0 Å². The Morgan fingerprint density at radius 2 is 2.04 bits per heavy atom. The zero-order valence-electron chi connectivity index (χ0n) is 16.2. The third-order valence-corrected chi connectivity index (χ3v) is 5.56. The topological polar surface area (TPSA) is 83.2 Å². The molecule has 0 bridgehead atoms. The summed E-state index contributed by atoms with van der Waals surface area (Å²) in [7, 11) is 1.58. The number of guanidine groups is 1. The molecule has 1 saturated carbocycles. The van der Waals surface area contributed by atoms with Crippen LogP contribution in [-0.4, -0.2) is 68.0 Å². The molecule has 1 aliphatic heterocycles. The molecule has 156 valence electrons. The van der Waals surface area contributed by atoms with Crippen LogP contribution in [0.1, 0.15) is 19.3 Å². The molecule has 1 heterocycles. The first-order valence-electron chi connectivity index (χ1n) is 9.48. The fourth-order valence-electron chi connectivity index (χ4n) is 3.35. The number of hydrogen-bond acceptors (Lipinski definition) is 4. The molecule has 1 aromatic carbocycles. The van der Waals surface area contributed by atoms with Crippen molar-refractivity contribution in [3.63, 3.8) is 0 Å². The molecule has 0 radical (unpaired) electrons. The Hall–Kier alpha value is -1.26. The number of anilines is 1. The molecular weight excluding hydrogens is 493 g/mol. The van der Waals surface area contributed by atoms with E-state index in [4.69, 9.17) is 22.1 Å². The average Bonchev–Trinajstić information content (AvgIpc) is 2.61. The van der Waals surface area contributed by atoms with Gasteiger partial charge in [-0.3, -0.25) is 14.7 Å². The predicted octanol–water partition coefficient (Wildman–Crippen LogP) is 2.64. The summed E-state index contributed by atoms with van der Waals surface area (Å²) in [6.07, 6.45) is 3.34. The molecule has 3 N–H and O–H groups in total. The van der Waals surface area contributed by atoms with Gasteiger partial charge in [0.05, 0.1) is 18.7 Å². The quantitative estimate of drug-likeness (QED) is 0.342. The maximum Gasteiger partial charge on any atom is 0.225 e. The number of piperazine rings is 1. The van der Waals surface area contributed by atoms with Gasteiger partial charge in [-0.25, -0.2) is 0 Å².